The minimum absolute atomic E-state index is 0.00655. The first-order valence-corrected chi connectivity index (χ1v) is 20.4. The predicted octanol–water partition coefficient (Wildman–Crippen LogP) is 4.93. The highest BCUT2D eigenvalue weighted by molar-refractivity contribution is 6.01. The monoisotopic (exact) mass is 791 g/mol. The van der Waals surface area contributed by atoms with Crippen LogP contribution < -0.4 is 20.4 Å². The molecular formula is C44H58FN3O9. The number of benzene rings is 1. The first-order chi connectivity index (χ1) is 26.6. The molecule has 12 nitrogen and oxygen atoms in total. The summed E-state index contributed by atoms with van der Waals surface area (Å²) in [5, 5.41) is 46.2. The van der Waals surface area contributed by atoms with Crippen LogP contribution >= 0.6 is 0 Å². The average Bonchev–Trinajstić information content (AvgIpc) is 3.93. The number of methoxy groups -OCH3 is 1. The minimum Gasteiger partial charge on any atom is -0.492 e. The number of pyridine rings is 1. The number of carbonyl (C=O) groups excluding carboxylic acids is 2. The molecule has 0 spiro atoms. The van der Waals surface area contributed by atoms with Crippen molar-refractivity contribution in [3.8, 4) is 5.75 Å². The lowest BCUT2D eigenvalue weighted by Crippen LogP contribution is -2.63. The number of aryl methyl sites for hydroxylation is 1. The van der Waals surface area contributed by atoms with Gasteiger partial charge in [-0.15, -0.1) is 0 Å². The van der Waals surface area contributed by atoms with Crippen LogP contribution in [0, 0.1) is 48.2 Å². The molecule has 6 aliphatic rings. The third-order valence-corrected chi connectivity index (χ3v) is 14.6. The van der Waals surface area contributed by atoms with Crippen molar-refractivity contribution in [2.45, 2.75) is 123 Å². The summed E-state index contributed by atoms with van der Waals surface area (Å²) >= 11 is 0. The van der Waals surface area contributed by atoms with Crippen LogP contribution in [0.4, 0.5) is 10.1 Å². The molecule has 0 bridgehead atoms. The molecule has 8 rings (SSSR count). The van der Waals surface area contributed by atoms with Gasteiger partial charge in [-0.25, -0.2) is 9.18 Å². The third-order valence-electron chi connectivity index (χ3n) is 14.6. The van der Waals surface area contributed by atoms with Crippen LogP contribution in [0.5, 0.6) is 5.75 Å². The Labute approximate surface area is 332 Å². The van der Waals surface area contributed by atoms with Gasteiger partial charge in [0, 0.05) is 59.7 Å². The second-order valence-corrected chi connectivity index (χ2v) is 18.5. The highest BCUT2D eigenvalue weighted by Crippen LogP contribution is 2.67. The van der Waals surface area contributed by atoms with Gasteiger partial charge in [0.1, 0.15) is 22.5 Å². The summed E-state index contributed by atoms with van der Waals surface area (Å²) in [6.07, 6.45) is 9.36. The lowest BCUT2D eigenvalue weighted by Gasteiger charge is -2.59. The maximum absolute atomic E-state index is 15.6. The highest BCUT2D eigenvalue weighted by Gasteiger charge is 2.69. The maximum Gasteiger partial charge on any atom is 0.341 e. The van der Waals surface area contributed by atoms with Gasteiger partial charge in [0.2, 0.25) is 5.43 Å². The Bertz CT molecular complexity index is 2170. The molecule has 1 saturated heterocycles. The number of fused-ring (bicyclic) bond motifs is 6. The van der Waals surface area contributed by atoms with Gasteiger partial charge in [0.15, 0.2) is 23.1 Å². The zero-order valence-corrected chi connectivity index (χ0v) is 34.4. The highest BCUT2D eigenvalue weighted by atomic mass is 19.1. The standard InChI is InChI=1S/C23H32O5.C21H26FN3O4/c1-20(2,27)19(26)23(28)10-8-16-15-6-5-13-11-14(24)7-9-21(13,3)18(15)17(25)12-22(16,23)4;1-10-9-24(8-7-23-10)18-16(22)11(2)14-17(20(18)29-4)25(13-5-6-13)12(3)15(19(14)26)21(27)28/h7,9,11,15-18,25,27-28H,5-6,8,10,12H2,1-4H3;10,13,23H,5-9H2,1-4H3,(H,27,28)/t15-,16-,17-,18+,21-,22-,23-;/m0./s1. The number of Topliss-reactive ketones (excluding diaryl/α,β-unsaturated/α-hetero) is 1. The molecule has 13 heteroatoms. The molecule has 5 aliphatic carbocycles. The maximum atomic E-state index is 15.6. The number of ether oxygens (including phenoxy) is 1. The molecule has 4 saturated carbocycles. The molecule has 5 fully saturated rings. The van der Waals surface area contributed by atoms with Gasteiger partial charge in [-0.2, -0.15) is 0 Å². The van der Waals surface area contributed by atoms with Crippen molar-refractivity contribution >= 4 is 34.1 Å². The molecule has 5 N–H and O–H groups in total. The van der Waals surface area contributed by atoms with E-state index in [4.69, 9.17) is 4.74 Å². The number of aromatic nitrogens is 1. The number of rotatable bonds is 6. The Morgan fingerprint density at radius 2 is 1.79 bits per heavy atom. The predicted molar refractivity (Wildman–Crippen MR) is 213 cm³/mol. The van der Waals surface area contributed by atoms with Gasteiger partial charge in [0.25, 0.3) is 0 Å². The zero-order valence-electron chi connectivity index (χ0n) is 34.4. The van der Waals surface area contributed by atoms with Crippen molar-refractivity contribution in [3.05, 3.63) is 56.7 Å². The van der Waals surface area contributed by atoms with Crippen molar-refractivity contribution in [1.82, 2.24) is 9.88 Å². The lowest BCUT2D eigenvalue weighted by molar-refractivity contribution is -0.187. The van der Waals surface area contributed by atoms with Crippen LogP contribution in [0.1, 0.15) is 107 Å². The number of allylic oxidation sites excluding steroid dienone is 4. The number of carbonyl (C=O) groups is 3. The van der Waals surface area contributed by atoms with Gasteiger partial charge in [-0.3, -0.25) is 14.4 Å². The third kappa shape index (κ3) is 6.29. The topological polar surface area (TPSA) is 179 Å². The number of ketones is 2. The molecule has 2 aromatic rings. The first-order valence-electron chi connectivity index (χ1n) is 20.4. The van der Waals surface area contributed by atoms with Gasteiger partial charge in [0.05, 0.1) is 24.1 Å². The van der Waals surface area contributed by atoms with Gasteiger partial charge >= 0.3 is 5.97 Å². The van der Waals surface area contributed by atoms with E-state index in [1.165, 1.54) is 21.0 Å². The summed E-state index contributed by atoms with van der Waals surface area (Å²) in [5.41, 5.74) is -2.82. The van der Waals surface area contributed by atoms with Gasteiger partial charge in [-0.05, 0) is 104 Å². The van der Waals surface area contributed by atoms with E-state index in [0.29, 0.717) is 61.5 Å². The molecule has 2 heterocycles. The fourth-order valence-electron chi connectivity index (χ4n) is 11.7. The fraction of sp³-hybridized carbons (Fsp3) is 0.636. The van der Waals surface area contributed by atoms with Crippen molar-refractivity contribution in [2.24, 2.45) is 28.6 Å². The Balaban J connectivity index is 0.000000174. The largest absolute Gasteiger partial charge is 0.492 e. The number of aromatic carboxylic acids is 1. The summed E-state index contributed by atoms with van der Waals surface area (Å²) < 4.78 is 23.2. The van der Waals surface area contributed by atoms with Crippen molar-refractivity contribution < 1.29 is 43.9 Å². The van der Waals surface area contributed by atoms with Crippen LogP contribution in [-0.4, -0.2) is 92.6 Å². The van der Waals surface area contributed by atoms with E-state index in [9.17, 15) is 39.6 Å². The number of piperazine rings is 1. The van der Waals surface area contributed by atoms with E-state index in [0.717, 1.165) is 31.3 Å². The average molecular weight is 792 g/mol. The van der Waals surface area contributed by atoms with E-state index >= 15 is 4.39 Å². The molecule has 1 aliphatic heterocycles. The SMILES string of the molecule is CC(C)(O)C(=O)[C@@]1(O)CC[C@H]2[C@@H]3CCC4=CC(=O)C=C[C@]4(C)[C@H]3[C@@H](O)C[C@@]21C.COc1c(N2CCNC(C)C2)c(F)c(C)c2c(=O)c(C(=O)O)c(C)n(C3CC3)c12. The van der Waals surface area contributed by atoms with Gasteiger partial charge < -0.3 is 39.9 Å². The molecule has 1 aromatic carbocycles. The van der Waals surface area contributed by atoms with E-state index in [1.54, 1.807) is 26.0 Å². The summed E-state index contributed by atoms with van der Waals surface area (Å²) in [7, 11) is 1.47. The van der Waals surface area contributed by atoms with Crippen LogP contribution in [0.25, 0.3) is 10.9 Å². The first kappa shape index (κ1) is 41.3. The number of anilines is 1. The van der Waals surface area contributed by atoms with E-state index in [2.05, 4.69) is 12.2 Å². The minimum atomic E-state index is -1.63. The molecule has 57 heavy (non-hydrogen) atoms. The number of hydrogen-bond acceptors (Lipinski definition) is 10. The van der Waals surface area contributed by atoms with Gasteiger partial charge in [-0.1, -0.05) is 25.5 Å². The summed E-state index contributed by atoms with van der Waals surface area (Å²) in [6.45, 7) is 14.0. The summed E-state index contributed by atoms with van der Waals surface area (Å²) in [5.74, 6) is -1.81. The molecule has 1 unspecified atom stereocenters. The lowest BCUT2D eigenvalue weighted by atomic mass is 9.46. The quantitative estimate of drug-likeness (QED) is 0.268. The summed E-state index contributed by atoms with van der Waals surface area (Å²) in [6, 6.07) is 0.273. The zero-order chi connectivity index (χ0) is 41.7. The number of aliphatic hydroxyl groups excluding tert-OH is 1. The number of aliphatic hydroxyl groups is 3. The van der Waals surface area contributed by atoms with Crippen LogP contribution in [0.15, 0.2) is 28.6 Å². The van der Waals surface area contributed by atoms with Crippen LogP contribution in [-0.2, 0) is 9.59 Å². The van der Waals surface area contributed by atoms with Crippen molar-refractivity contribution in [2.75, 3.05) is 31.6 Å². The smallest absolute Gasteiger partial charge is 0.341 e. The Hall–Kier alpha value is -3.91. The molecular weight excluding hydrogens is 733 g/mol. The second-order valence-electron chi connectivity index (χ2n) is 18.5. The van der Waals surface area contributed by atoms with Crippen LogP contribution in [0.2, 0.25) is 0 Å². The van der Waals surface area contributed by atoms with Crippen molar-refractivity contribution in [3.63, 3.8) is 0 Å². The molecule has 310 valence electrons. The Morgan fingerprint density at radius 1 is 1.11 bits per heavy atom. The van der Waals surface area contributed by atoms with E-state index in [1.807, 2.05) is 29.4 Å². The number of carboxylic acids is 1. The number of halogens is 1. The van der Waals surface area contributed by atoms with Crippen molar-refractivity contribution in [1.29, 1.82) is 0 Å². The molecule has 0 amide bonds. The van der Waals surface area contributed by atoms with E-state index in [-0.39, 0.29) is 57.5 Å². The number of hydrogen-bond donors (Lipinski definition) is 5. The Kier molecular flexibility index (Phi) is 10.2. The number of nitrogens with one attached hydrogen (secondary N) is 1. The number of carboxylic acid groups (broad SMARTS) is 1. The normalized spacial score (nSPS) is 33.5. The second kappa shape index (κ2) is 14.1. The fourth-order valence-corrected chi connectivity index (χ4v) is 11.7. The molecule has 0 radical (unpaired) electrons. The molecule has 8 atom stereocenters. The van der Waals surface area contributed by atoms with Crippen LogP contribution in [0.3, 0.4) is 0 Å². The van der Waals surface area contributed by atoms with E-state index < -0.39 is 45.7 Å². The summed E-state index contributed by atoms with van der Waals surface area (Å²) in [4.78, 5) is 51.8. The molecule has 1 aromatic heterocycles. The Morgan fingerprint density at radius 3 is 2.39 bits per heavy atom. The number of nitrogens with zero attached hydrogens (tertiary/aromatic N) is 2.